The van der Waals surface area contributed by atoms with Crippen LogP contribution in [-0.4, -0.2) is 35.3 Å². The van der Waals surface area contributed by atoms with Crippen LogP contribution in [0.4, 0.5) is 0 Å². The molecule has 5 aromatic carbocycles. The molecule has 0 radical (unpaired) electrons. The van der Waals surface area contributed by atoms with Crippen molar-refractivity contribution in [3.63, 3.8) is 0 Å². The molecule has 1 heterocycles. The summed E-state index contributed by atoms with van der Waals surface area (Å²) in [6.07, 6.45) is 5.21. The minimum Gasteiger partial charge on any atom is -0.504 e. The Morgan fingerprint density at radius 1 is 0.776 bits per heavy atom. The average molecular weight is 688 g/mol. The Kier molecular flexibility index (Phi) is 11.2. The molecule has 2 N–H and O–H groups in total. The Morgan fingerprint density at radius 3 is 2.02 bits per heavy atom. The smallest absolute Gasteiger partial charge is 0.504 e. The van der Waals surface area contributed by atoms with Gasteiger partial charge in [0.25, 0.3) is 0 Å². The number of phenolic OH excluding ortho intramolecular Hbond substituents is 1. The van der Waals surface area contributed by atoms with Gasteiger partial charge in [0.15, 0.2) is 16.5 Å². The van der Waals surface area contributed by atoms with Gasteiger partial charge in [-0.15, -0.1) is 11.3 Å². The zero-order valence-electron chi connectivity index (χ0n) is 27.0. The maximum absolute atomic E-state index is 12.6. The normalized spacial score (nSPS) is 11.5. The van der Waals surface area contributed by atoms with Gasteiger partial charge < -0.3 is 9.84 Å². The number of rotatable bonds is 15. The van der Waals surface area contributed by atoms with Gasteiger partial charge in [-0.3, -0.25) is 0 Å². The predicted octanol–water partition coefficient (Wildman–Crippen LogP) is 7.45. The second kappa shape index (κ2) is 16.3. The van der Waals surface area contributed by atoms with E-state index in [0.717, 1.165) is 36.5 Å². The minimum atomic E-state index is -2.22. The monoisotopic (exact) mass is 687 g/mol. The number of nitrogens with zero attached hydrogens (tertiary/aromatic N) is 2. The molecule has 0 fully saturated rings. The second-order valence-corrected chi connectivity index (χ2v) is 16.9. The van der Waals surface area contributed by atoms with E-state index in [9.17, 15) is 9.90 Å². The molecule has 9 heteroatoms. The molecule has 6 aromatic rings. The number of nitrogens with one attached hydrogen (secondary N) is 1. The van der Waals surface area contributed by atoms with E-state index in [1.165, 1.54) is 33.3 Å². The Labute approximate surface area is 291 Å². The number of benzene rings is 5. The van der Waals surface area contributed by atoms with Crippen molar-refractivity contribution in [2.24, 2.45) is 0 Å². The summed E-state index contributed by atoms with van der Waals surface area (Å²) >= 11 is 1.27. The Balaban J connectivity index is 0.977. The van der Waals surface area contributed by atoms with Crippen LogP contribution in [0, 0.1) is 11.3 Å². The van der Waals surface area contributed by atoms with Crippen molar-refractivity contribution in [3.8, 4) is 29.1 Å². The van der Waals surface area contributed by atoms with Gasteiger partial charge in [-0.05, 0) is 18.2 Å². The van der Waals surface area contributed by atoms with E-state index < -0.39 is 7.26 Å². The summed E-state index contributed by atoms with van der Waals surface area (Å²) in [6, 6.07) is 44.9. The van der Waals surface area contributed by atoms with Crippen LogP contribution in [-0.2, 0) is 4.79 Å². The number of thiazole rings is 1. The fraction of sp³-hybridized carbons (Fsp3) is 0.175. The first-order valence-electron chi connectivity index (χ1n) is 16.4. The Hall–Kier alpha value is -5.22. The summed E-state index contributed by atoms with van der Waals surface area (Å²) in [4.78, 5) is 16.8. The Bertz CT molecular complexity index is 1940. The van der Waals surface area contributed by atoms with Gasteiger partial charge in [-0.1, -0.05) is 0 Å². The summed E-state index contributed by atoms with van der Waals surface area (Å²) in [7, 11) is -2.22. The minimum absolute atomic E-state index is 0.0601. The predicted molar refractivity (Wildman–Crippen MR) is 201 cm³/mol. The molecular weight excluding hydrogens is 649 g/mol. The van der Waals surface area contributed by atoms with Crippen LogP contribution in [0.15, 0.2) is 127 Å². The van der Waals surface area contributed by atoms with E-state index in [0.29, 0.717) is 28.6 Å². The second-order valence-electron chi connectivity index (χ2n) is 11.8. The van der Waals surface area contributed by atoms with Crippen LogP contribution in [0.1, 0.15) is 30.7 Å². The summed E-state index contributed by atoms with van der Waals surface area (Å²) in [5.74, 6) is 0.815. The number of aromatic nitrogens is 1. The van der Waals surface area contributed by atoms with Crippen molar-refractivity contribution in [3.05, 3.63) is 132 Å². The quantitative estimate of drug-likeness (QED) is 0.0859. The van der Waals surface area contributed by atoms with E-state index in [4.69, 9.17) is 14.7 Å². The number of hydrogen-bond donors (Lipinski definition) is 2. The number of phenols is 1. The van der Waals surface area contributed by atoms with Crippen molar-refractivity contribution in [2.75, 3.05) is 19.3 Å². The zero-order valence-corrected chi connectivity index (χ0v) is 28.9. The van der Waals surface area contributed by atoms with Crippen molar-refractivity contribution in [1.82, 2.24) is 10.3 Å². The first-order chi connectivity index (χ1) is 24.0. The fourth-order valence-corrected chi connectivity index (χ4v) is 11.9. The number of ether oxygens (including phenoxy) is 2. The third-order valence-corrected chi connectivity index (χ3v) is 14.6. The van der Waals surface area contributed by atoms with Crippen molar-refractivity contribution in [1.29, 1.82) is 5.26 Å². The molecule has 1 aromatic heterocycles. The van der Waals surface area contributed by atoms with Crippen LogP contribution in [0.3, 0.4) is 0 Å². The van der Waals surface area contributed by atoms with Gasteiger partial charge in [-0.25, -0.2) is 4.98 Å². The molecule has 248 valence electrons. The molecule has 0 bridgehead atoms. The standard InChI is InChI=1S/C40H38N3O4PS/c41-28-40-43-35-22-20-31(27-38(35)49-40)47-37-26-30(21-23-36(37)44)46-29-39(45)42-24-12-1-2-13-25-48(32-14-6-3-7-15-32,33-16-8-4-9-17-33)34-18-10-5-11-19-34/h3-11,14-23,26-27,44,48H,1-2,12-13,24-25,29H2,(H,42,45). The fourth-order valence-electron chi connectivity index (χ4n) is 6.21. The van der Waals surface area contributed by atoms with Crippen LogP contribution in [0.25, 0.3) is 10.2 Å². The SMILES string of the molecule is N#Cc1nc2ccc(Oc3cc(OCC(=O)NCCCCCC[PH](c4ccccc4)(c4ccccc4)c4ccccc4)ccc3O)cc2s1. The summed E-state index contributed by atoms with van der Waals surface area (Å²) in [5, 5.41) is 27.1. The van der Waals surface area contributed by atoms with E-state index in [1.54, 1.807) is 30.3 Å². The first kappa shape index (κ1) is 33.7. The molecule has 1 amide bonds. The van der Waals surface area contributed by atoms with Gasteiger partial charge in [0.1, 0.15) is 11.8 Å². The number of nitriles is 1. The Morgan fingerprint density at radius 2 is 1.39 bits per heavy atom. The van der Waals surface area contributed by atoms with Crippen LogP contribution in [0.2, 0.25) is 0 Å². The summed E-state index contributed by atoms with van der Waals surface area (Å²) in [5.41, 5.74) is 0.707. The average Bonchev–Trinajstić information content (AvgIpc) is 3.57. The maximum atomic E-state index is 12.6. The molecule has 0 unspecified atom stereocenters. The van der Waals surface area contributed by atoms with Crippen molar-refractivity contribution in [2.45, 2.75) is 25.7 Å². The molecule has 0 saturated carbocycles. The van der Waals surface area contributed by atoms with Crippen molar-refractivity contribution < 1.29 is 19.4 Å². The van der Waals surface area contributed by atoms with Crippen LogP contribution >= 0.6 is 18.6 Å². The molecule has 0 aliphatic heterocycles. The van der Waals surface area contributed by atoms with Gasteiger partial charge in [-0.2, -0.15) is 5.26 Å². The number of hydrogen-bond acceptors (Lipinski definition) is 7. The summed E-state index contributed by atoms with van der Waals surface area (Å²) < 4.78 is 12.4. The number of fused-ring (bicyclic) bond motifs is 1. The zero-order chi connectivity index (χ0) is 33.9. The van der Waals surface area contributed by atoms with Gasteiger partial charge in [0.05, 0.1) is 10.2 Å². The molecule has 0 atom stereocenters. The van der Waals surface area contributed by atoms with E-state index in [-0.39, 0.29) is 24.0 Å². The van der Waals surface area contributed by atoms with Gasteiger partial charge in [0.2, 0.25) is 0 Å². The molecule has 0 aliphatic rings. The van der Waals surface area contributed by atoms with E-state index >= 15 is 0 Å². The van der Waals surface area contributed by atoms with Crippen LogP contribution in [0.5, 0.6) is 23.0 Å². The van der Waals surface area contributed by atoms with E-state index in [1.807, 2.05) is 6.07 Å². The first-order valence-corrected chi connectivity index (χ1v) is 19.5. The van der Waals surface area contributed by atoms with Crippen LogP contribution < -0.4 is 30.7 Å². The molecule has 0 aliphatic carbocycles. The molecule has 0 spiro atoms. The number of aromatic hydroxyl groups is 1. The number of carbonyl (C=O) groups is 1. The number of carbonyl (C=O) groups excluding carboxylic acids is 1. The molecule has 7 nitrogen and oxygen atoms in total. The van der Waals surface area contributed by atoms with Gasteiger partial charge in [0, 0.05) is 6.07 Å². The third kappa shape index (κ3) is 8.26. The number of amides is 1. The molecule has 49 heavy (non-hydrogen) atoms. The summed E-state index contributed by atoms with van der Waals surface area (Å²) in [6.45, 7) is 0.436. The molecule has 0 saturated heterocycles. The number of unbranched alkanes of at least 4 members (excludes halogenated alkanes) is 3. The van der Waals surface area contributed by atoms with Gasteiger partial charge >= 0.3 is 198 Å². The topological polar surface area (TPSA) is 104 Å². The third-order valence-electron chi connectivity index (χ3n) is 8.59. The molecule has 6 rings (SSSR count). The van der Waals surface area contributed by atoms with Crippen molar-refractivity contribution >= 4 is 50.6 Å². The molecular formula is C40H38N3O4PS. The van der Waals surface area contributed by atoms with E-state index in [2.05, 4.69) is 101 Å².